The molecule has 0 radical (unpaired) electrons. The molecule has 2 N–H and O–H groups in total. The van der Waals surface area contributed by atoms with Gasteiger partial charge in [0.15, 0.2) is 0 Å². The van der Waals surface area contributed by atoms with Gasteiger partial charge in [0.1, 0.15) is 0 Å². The zero-order valence-corrected chi connectivity index (χ0v) is 11.8. The third kappa shape index (κ3) is 3.07. The Labute approximate surface area is 134 Å². The Kier molecular flexibility index (Phi) is 4.32. The van der Waals surface area contributed by atoms with E-state index in [1.807, 2.05) is 0 Å². The van der Waals surface area contributed by atoms with Crippen LogP contribution in [0.25, 0.3) is 11.1 Å². The minimum atomic E-state index is -1.61. The molecular weight excluding hydrogens is 320 g/mol. The summed E-state index contributed by atoms with van der Waals surface area (Å²) in [6.07, 6.45) is 0. The highest BCUT2D eigenvalue weighted by Gasteiger charge is 2.19. The highest BCUT2D eigenvalue weighted by atomic mass is 16.4. The van der Waals surface area contributed by atoms with Crippen molar-refractivity contribution >= 4 is 23.9 Å². The van der Waals surface area contributed by atoms with E-state index in [1.54, 1.807) is 0 Å². The van der Waals surface area contributed by atoms with Crippen molar-refractivity contribution in [1.29, 1.82) is 0 Å². The van der Waals surface area contributed by atoms with Crippen LogP contribution >= 0.6 is 0 Å². The predicted molar refractivity (Wildman–Crippen MR) is 74.5 cm³/mol. The molecule has 24 heavy (non-hydrogen) atoms. The zero-order valence-electron chi connectivity index (χ0n) is 11.8. The minimum Gasteiger partial charge on any atom is -0.545 e. The van der Waals surface area contributed by atoms with Crippen molar-refractivity contribution in [3.63, 3.8) is 0 Å². The Hall–Kier alpha value is -3.68. The Balaban J connectivity index is 2.81. The van der Waals surface area contributed by atoms with Crippen LogP contribution in [0.4, 0.5) is 0 Å². The van der Waals surface area contributed by atoms with Gasteiger partial charge in [-0.05, 0) is 40.5 Å². The summed E-state index contributed by atoms with van der Waals surface area (Å²) in [6.45, 7) is 0. The Bertz CT molecular complexity index is 882. The number of aromatic carboxylic acids is 4. The average Bonchev–Trinajstić information content (AvgIpc) is 2.53. The van der Waals surface area contributed by atoms with Crippen molar-refractivity contribution in [3.8, 4) is 11.1 Å². The molecule has 2 aromatic carbocycles. The molecule has 0 spiro atoms. The monoisotopic (exact) mass is 328 g/mol. The second-order valence-corrected chi connectivity index (χ2v) is 4.71. The van der Waals surface area contributed by atoms with Gasteiger partial charge in [0, 0.05) is 0 Å². The molecule has 8 nitrogen and oxygen atoms in total. The lowest BCUT2D eigenvalue weighted by molar-refractivity contribution is -0.256. The van der Waals surface area contributed by atoms with Crippen molar-refractivity contribution in [2.24, 2.45) is 0 Å². The van der Waals surface area contributed by atoms with Gasteiger partial charge in [-0.15, -0.1) is 0 Å². The third-order valence-electron chi connectivity index (χ3n) is 3.26. The van der Waals surface area contributed by atoms with Crippen LogP contribution in [-0.4, -0.2) is 34.1 Å². The maximum atomic E-state index is 11.4. The summed E-state index contributed by atoms with van der Waals surface area (Å²) in [5, 5.41) is 40.3. The molecule has 2 aromatic rings. The summed E-state index contributed by atoms with van der Waals surface area (Å²) in [4.78, 5) is 44.5. The van der Waals surface area contributed by atoms with Crippen molar-refractivity contribution < 1.29 is 39.6 Å². The molecule has 2 rings (SSSR count). The number of benzene rings is 2. The molecule has 0 unspecified atom stereocenters. The van der Waals surface area contributed by atoms with Gasteiger partial charge in [0.2, 0.25) is 0 Å². The molecule has 0 aliphatic rings. The largest absolute Gasteiger partial charge is 0.545 e. The highest BCUT2D eigenvalue weighted by molar-refractivity contribution is 6.04. The zero-order chi connectivity index (χ0) is 18.0. The van der Waals surface area contributed by atoms with Crippen LogP contribution in [0.15, 0.2) is 36.4 Å². The standard InChI is InChI=1S/C16H10O8/c17-13(18)7-2-4-10(15(21)22)11(5-7)9-3-1-8(14(19)20)6-12(9)16(23)24/h1-6H,(H,17,18)(H,19,20)(H,21,22)(H,23,24)/p-2. The first-order valence-electron chi connectivity index (χ1n) is 6.40. The lowest BCUT2D eigenvalue weighted by Crippen LogP contribution is -2.23. The maximum absolute atomic E-state index is 11.4. The molecule has 0 aromatic heterocycles. The van der Waals surface area contributed by atoms with Crippen molar-refractivity contribution in [3.05, 3.63) is 58.7 Å². The lowest BCUT2D eigenvalue weighted by Gasteiger charge is -2.14. The summed E-state index contributed by atoms with van der Waals surface area (Å²) in [5.41, 5.74) is -1.95. The van der Waals surface area contributed by atoms with Crippen LogP contribution < -0.4 is 10.2 Å². The van der Waals surface area contributed by atoms with Crippen LogP contribution in [0.2, 0.25) is 0 Å². The summed E-state index contributed by atoms with van der Waals surface area (Å²) in [7, 11) is 0. The van der Waals surface area contributed by atoms with Crippen LogP contribution in [0, 0.1) is 0 Å². The smallest absolute Gasteiger partial charge is 0.336 e. The third-order valence-corrected chi connectivity index (χ3v) is 3.26. The van der Waals surface area contributed by atoms with E-state index in [9.17, 15) is 39.6 Å². The fourth-order valence-corrected chi connectivity index (χ4v) is 2.16. The lowest BCUT2D eigenvalue weighted by atomic mass is 9.92. The Morgan fingerprint density at radius 1 is 0.667 bits per heavy atom. The molecule has 0 aliphatic carbocycles. The minimum absolute atomic E-state index is 0.145. The molecule has 0 saturated heterocycles. The van der Waals surface area contributed by atoms with Gasteiger partial charge in [-0.3, -0.25) is 0 Å². The Morgan fingerprint density at radius 3 is 1.67 bits per heavy atom. The quantitative estimate of drug-likeness (QED) is 0.742. The number of carboxylic acid groups (broad SMARTS) is 4. The number of carbonyl (C=O) groups excluding carboxylic acids is 2. The number of carboxylic acids is 4. The number of hydrogen-bond donors (Lipinski definition) is 2. The number of rotatable bonds is 5. The van der Waals surface area contributed by atoms with Gasteiger partial charge in [0.05, 0.1) is 23.1 Å². The van der Waals surface area contributed by atoms with E-state index in [0.717, 1.165) is 36.4 Å². The van der Waals surface area contributed by atoms with E-state index >= 15 is 0 Å². The summed E-state index contributed by atoms with van der Waals surface area (Å²) in [5.74, 6) is -6.10. The molecule has 0 saturated carbocycles. The number of carbonyl (C=O) groups is 4. The highest BCUT2D eigenvalue weighted by Crippen LogP contribution is 2.29. The molecule has 0 aliphatic heterocycles. The molecule has 0 atom stereocenters. The first-order chi connectivity index (χ1) is 11.2. The fraction of sp³-hybridized carbons (Fsp3) is 0. The van der Waals surface area contributed by atoms with E-state index in [1.165, 1.54) is 0 Å². The number of hydrogen-bond acceptors (Lipinski definition) is 6. The van der Waals surface area contributed by atoms with Gasteiger partial charge in [-0.1, -0.05) is 18.2 Å². The second-order valence-electron chi connectivity index (χ2n) is 4.71. The average molecular weight is 328 g/mol. The van der Waals surface area contributed by atoms with E-state index in [2.05, 4.69) is 0 Å². The molecule has 0 heterocycles. The first-order valence-corrected chi connectivity index (χ1v) is 6.40. The Morgan fingerprint density at radius 2 is 1.17 bits per heavy atom. The van der Waals surface area contributed by atoms with Crippen LogP contribution in [0.5, 0.6) is 0 Å². The van der Waals surface area contributed by atoms with E-state index in [4.69, 9.17) is 0 Å². The van der Waals surface area contributed by atoms with E-state index in [-0.39, 0.29) is 22.3 Å². The van der Waals surface area contributed by atoms with E-state index < -0.39 is 35.0 Å². The predicted octanol–water partition coefficient (Wildman–Crippen LogP) is -0.523. The van der Waals surface area contributed by atoms with Crippen molar-refractivity contribution in [2.45, 2.75) is 0 Å². The van der Waals surface area contributed by atoms with Gasteiger partial charge >= 0.3 is 11.9 Å². The summed E-state index contributed by atoms with van der Waals surface area (Å²) in [6, 6.07) is 5.90. The normalized spacial score (nSPS) is 10.2. The maximum Gasteiger partial charge on any atom is 0.336 e. The molecule has 0 bridgehead atoms. The van der Waals surface area contributed by atoms with Crippen LogP contribution in [0.3, 0.4) is 0 Å². The molecule has 0 amide bonds. The fourth-order valence-electron chi connectivity index (χ4n) is 2.16. The second kappa shape index (κ2) is 6.21. The van der Waals surface area contributed by atoms with Crippen molar-refractivity contribution in [1.82, 2.24) is 0 Å². The molecular formula is C16H8O8-2. The van der Waals surface area contributed by atoms with Gasteiger partial charge in [0.25, 0.3) is 0 Å². The van der Waals surface area contributed by atoms with Gasteiger partial charge in [-0.25, -0.2) is 9.59 Å². The summed E-state index contributed by atoms with van der Waals surface area (Å²) < 4.78 is 0. The van der Waals surface area contributed by atoms with Crippen LogP contribution in [-0.2, 0) is 0 Å². The summed E-state index contributed by atoms with van der Waals surface area (Å²) >= 11 is 0. The van der Waals surface area contributed by atoms with E-state index in [0.29, 0.717) is 0 Å². The van der Waals surface area contributed by atoms with Gasteiger partial charge in [-0.2, -0.15) is 0 Å². The van der Waals surface area contributed by atoms with Crippen LogP contribution in [0.1, 0.15) is 41.4 Å². The SMILES string of the molecule is O=C([O-])c1ccc(-c2cc(C(=O)[O-])ccc2C(=O)O)c(C(=O)O)c1. The molecule has 8 heteroatoms. The first kappa shape index (κ1) is 16.7. The molecule has 122 valence electrons. The molecule has 0 fully saturated rings. The topological polar surface area (TPSA) is 155 Å². The van der Waals surface area contributed by atoms with Crippen molar-refractivity contribution in [2.75, 3.05) is 0 Å². The van der Waals surface area contributed by atoms with Gasteiger partial charge < -0.3 is 30.0 Å².